The maximum Gasteiger partial charge on any atom is 0.141 e. The molecular formula is C16H16N4O. The lowest BCUT2D eigenvalue weighted by Crippen LogP contribution is -1.98. The number of anilines is 3. The van der Waals surface area contributed by atoms with Gasteiger partial charge in [0.1, 0.15) is 17.9 Å². The zero-order valence-corrected chi connectivity index (χ0v) is 11.7. The van der Waals surface area contributed by atoms with Crippen LogP contribution in [0.1, 0.15) is 6.92 Å². The molecule has 0 saturated carbocycles. The maximum atomic E-state index is 5.85. The molecule has 21 heavy (non-hydrogen) atoms. The largest absolute Gasteiger partial charge is 0.494 e. The molecular weight excluding hydrogens is 264 g/mol. The summed E-state index contributed by atoms with van der Waals surface area (Å²) in [6.45, 7) is 2.59. The fourth-order valence-corrected chi connectivity index (χ4v) is 2.14. The lowest BCUT2D eigenvalue weighted by atomic mass is 10.2. The van der Waals surface area contributed by atoms with Gasteiger partial charge >= 0.3 is 0 Å². The van der Waals surface area contributed by atoms with Crippen LogP contribution in [-0.4, -0.2) is 16.6 Å². The summed E-state index contributed by atoms with van der Waals surface area (Å²) in [7, 11) is 0. The van der Waals surface area contributed by atoms with E-state index in [1.54, 1.807) is 0 Å². The van der Waals surface area contributed by atoms with Crippen LogP contribution in [0.4, 0.5) is 17.2 Å². The third-order valence-corrected chi connectivity index (χ3v) is 3.07. The first-order chi connectivity index (χ1) is 10.3. The minimum Gasteiger partial charge on any atom is -0.494 e. The van der Waals surface area contributed by atoms with Crippen LogP contribution in [0.2, 0.25) is 0 Å². The van der Waals surface area contributed by atoms with Gasteiger partial charge in [0, 0.05) is 22.8 Å². The summed E-state index contributed by atoms with van der Waals surface area (Å²) < 4.78 is 5.50. The summed E-state index contributed by atoms with van der Waals surface area (Å²) in [5.74, 6) is 1.54. The molecule has 0 bridgehead atoms. The van der Waals surface area contributed by atoms with Crippen LogP contribution in [0.3, 0.4) is 0 Å². The number of fused-ring (bicyclic) bond motifs is 1. The number of nitrogens with one attached hydrogen (secondary N) is 1. The molecule has 3 rings (SSSR count). The molecule has 0 spiro atoms. The summed E-state index contributed by atoms with van der Waals surface area (Å²) >= 11 is 0. The molecule has 0 unspecified atom stereocenters. The standard InChI is InChI=1S/C16H16N4O/c1-2-21-13-5-3-4-12(9-13)20-16-14-8-11(17)6-7-15(14)18-10-19-16/h3-10H,2,17H2,1H3,(H,18,19,20). The third kappa shape index (κ3) is 2.86. The summed E-state index contributed by atoms with van der Waals surface area (Å²) in [6, 6.07) is 13.3. The fourth-order valence-electron chi connectivity index (χ4n) is 2.14. The quantitative estimate of drug-likeness (QED) is 0.717. The number of nitrogens with zero attached hydrogens (tertiary/aromatic N) is 2. The molecule has 0 amide bonds. The Morgan fingerprint density at radius 3 is 2.90 bits per heavy atom. The second-order valence-electron chi connectivity index (χ2n) is 4.58. The van der Waals surface area contributed by atoms with Gasteiger partial charge < -0.3 is 15.8 Å². The lowest BCUT2D eigenvalue weighted by Gasteiger charge is -2.10. The van der Waals surface area contributed by atoms with Gasteiger partial charge in [-0.3, -0.25) is 0 Å². The smallest absolute Gasteiger partial charge is 0.141 e. The number of rotatable bonds is 4. The van der Waals surface area contributed by atoms with Crippen molar-refractivity contribution in [3.63, 3.8) is 0 Å². The average Bonchev–Trinajstić information content (AvgIpc) is 2.49. The average molecular weight is 280 g/mol. The van der Waals surface area contributed by atoms with Crippen LogP contribution >= 0.6 is 0 Å². The zero-order chi connectivity index (χ0) is 14.7. The molecule has 0 aliphatic carbocycles. The van der Waals surface area contributed by atoms with E-state index < -0.39 is 0 Å². The van der Waals surface area contributed by atoms with Crippen molar-refractivity contribution in [3.8, 4) is 5.75 Å². The first-order valence-corrected chi connectivity index (χ1v) is 6.76. The highest BCUT2D eigenvalue weighted by atomic mass is 16.5. The van der Waals surface area contributed by atoms with E-state index >= 15 is 0 Å². The first-order valence-electron chi connectivity index (χ1n) is 6.76. The van der Waals surface area contributed by atoms with Crippen LogP contribution in [0.15, 0.2) is 48.8 Å². The molecule has 5 nitrogen and oxygen atoms in total. The molecule has 0 atom stereocenters. The number of hydrogen-bond acceptors (Lipinski definition) is 5. The van der Waals surface area contributed by atoms with Crippen molar-refractivity contribution in [1.29, 1.82) is 0 Å². The van der Waals surface area contributed by atoms with Crippen LogP contribution in [-0.2, 0) is 0 Å². The van der Waals surface area contributed by atoms with Gasteiger partial charge in [0.05, 0.1) is 12.1 Å². The molecule has 2 aromatic carbocycles. The van der Waals surface area contributed by atoms with Crippen LogP contribution in [0.5, 0.6) is 5.75 Å². The number of benzene rings is 2. The van der Waals surface area contributed by atoms with Crippen molar-refractivity contribution in [2.45, 2.75) is 6.92 Å². The lowest BCUT2D eigenvalue weighted by molar-refractivity contribution is 0.340. The van der Waals surface area contributed by atoms with Gasteiger partial charge in [-0.05, 0) is 37.3 Å². The van der Waals surface area contributed by atoms with Gasteiger partial charge in [-0.25, -0.2) is 9.97 Å². The van der Waals surface area contributed by atoms with E-state index in [-0.39, 0.29) is 0 Å². The Kier molecular flexibility index (Phi) is 3.55. The van der Waals surface area contributed by atoms with Crippen LogP contribution < -0.4 is 15.8 Å². The predicted molar refractivity (Wildman–Crippen MR) is 84.8 cm³/mol. The number of ether oxygens (including phenoxy) is 1. The minimum atomic E-state index is 0.635. The molecule has 3 aromatic rings. The SMILES string of the molecule is CCOc1cccc(Nc2ncnc3ccc(N)cc23)c1. The molecule has 5 heteroatoms. The van der Waals surface area contributed by atoms with E-state index in [0.717, 1.165) is 28.2 Å². The van der Waals surface area contributed by atoms with E-state index in [2.05, 4.69) is 15.3 Å². The number of nitrogen functional groups attached to an aromatic ring is 1. The van der Waals surface area contributed by atoms with Gasteiger partial charge in [-0.2, -0.15) is 0 Å². The first kappa shape index (κ1) is 13.2. The Morgan fingerprint density at radius 1 is 1.14 bits per heavy atom. The van der Waals surface area contributed by atoms with Crippen molar-refractivity contribution in [3.05, 3.63) is 48.8 Å². The Morgan fingerprint density at radius 2 is 2.05 bits per heavy atom. The van der Waals surface area contributed by atoms with E-state index in [4.69, 9.17) is 10.5 Å². The molecule has 1 aromatic heterocycles. The molecule has 3 N–H and O–H groups in total. The van der Waals surface area contributed by atoms with Crippen molar-refractivity contribution in [1.82, 2.24) is 9.97 Å². The summed E-state index contributed by atoms with van der Waals surface area (Å²) in [5.41, 5.74) is 8.29. The monoisotopic (exact) mass is 280 g/mol. The van der Waals surface area contributed by atoms with Gasteiger partial charge in [-0.15, -0.1) is 0 Å². The molecule has 0 saturated heterocycles. The van der Waals surface area contributed by atoms with Gasteiger partial charge in [0.25, 0.3) is 0 Å². The Bertz CT molecular complexity index is 773. The van der Waals surface area contributed by atoms with Gasteiger partial charge in [0.15, 0.2) is 0 Å². The summed E-state index contributed by atoms with van der Waals surface area (Å²) in [4.78, 5) is 8.54. The molecule has 0 aliphatic heterocycles. The molecule has 0 radical (unpaired) electrons. The summed E-state index contributed by atoms with van der Waals surface area (Å²) in [6.07, 6.45) is 1.53. The predicted octanol–water partition coefficient (Wildman–Crippen LogP) is 3.35. The molecule has 0 aliphatic rings. The number of hydrogen-bond donors (Lipinski definition) is 2. The topological polar surface area (TPSA) is 73.1 Å². The van der Waals surface area contributed by atoms with Crippen molar-refractivity contribution in [2.75, 3.05) is 17.7 Å². The van der Waals surface area contributed by atoms with Crippen molar-refractivity contribution >= 4 is 28.1 Å². The minimum absolute atomic E-state index is 0.635. The molecule has 0 fully saturated rings. The Balaban J connectivity index is 1.98. The number of nitrogens with two attached hydrogens (primary N) is 1. The van der Waals surface area contributed by atoms with Gasteiger partial charge in [0.2, 0.25) is 0 Å². The second-order valence-corrected chi connectivity index (χ2v) is 4.58. The van der Waals surface area contributed by atoms with E-state index in [1.165, 1.54) is 6.33 Å². The van der Waals surface area contributed by atoms with Crippen LogP contribution in [0.25, 0.3) is 10.9 Å². The third-order valence-electron chi connectivity index (χ3n) is 3.07. The van der Waals surface area contributed by atoms with Gasteiger partial charge in [-0.1, -0.05) is 6.07 Å². The highest BCUT2D eigenvalue weighted by molar-refractivity contribution is 5.92. The van der Waals surface area contributed by atoms with E-state index in [9.17, 15) is 0 Å². The Labute approximate surface area is 122 Å². The molecule has 106 valence electrons. The molecule has 1 heterocycles. The van der Waals surface area contributed by atoms with Crippen LogP contribution in [0, 0.1) is 0 Å². The van der Waals surface area contributed by atoms with E-state index in [0.29, 0.717) is 12.3 Å². The highest BCUT2D eigenvalue weighted by Gasteiger charge is 2.05. The second kappa shape index (κ2) is 5.66. The highest BCUT2D eigenvalue weighted by Crippen LogP contribution is 2.26. The zero-order valence-electron chi connectivity index (χ0n) is 11.7. The van der Waals surface area contributed by atoms with E-state index in [1.807, 2.05) is 49.4 Å². The van der Waals surface area contributed by atoms with Crippen molar-refractivity contribution < 1.29 is 4.74 Å². The van der Waals surface area contributed by atoms with Crippen molar-refractivity contribution in [2.24, 2.45) is 0 Å². The maximum absolute atomic E-state index is 5.85. The Hall–Kier alpha value is -2.82. The normalized spacial score (nSPS) is 10.5. The summed E-state index contributed by atoms with van der Waals surface area (Å²) in [5, 5.41) is 4.17. The number of aromatic nitrogens is 2. The fraction of sp³-hybridized carbons (Fsp3) is 0.125.